The van der Waals surface area contributed by atoms with E-state index < -0.39 is 0 Å². The monoisotopic (exact) mass is 276 g/mol. The molecule has 102 valence electrons. The van der Waals surface area contributed by atoms with Crippen molar-refractivity contribution >= 4 is 11.3 Å². The number of rotatable bonds is 6. The van der Waals surface area contributed by atoms with Gasteiger partial charge in [0.15, 0.2) is 0 Å². The lowest BCUT2D eigenvalue weighted by atomic mass is 10.1. The Morgan fingerprint density at radius 2 is 2.16 bits per heavy atom. The number of nitrogens with one attached hydrogen (secondary N) is 1. The lowest BCUT2D eigenvalue weighted by molar-refractivity contribution is 0.332. The van der Waals surface area contributed by atoms with Crippen LogP contribution in [0.15, 0.2) is 29.6 Å². The molecule has 1 heterocycles. The minimum Gasteiger partial charge on any atom is -0.494 e. The van der Waals surface area contributed by atoms with Crippen molar-refractivity contribution in [3.05, 3.63) is 45.9 Å². The van der Waals surface area contributed by atoms with Gasteiger partial charge < -0.3 is 10.1 Å². The standard InChI is InChI=1S/C15H20N2OS/c1-4-18-14-8-6-5-7-13(14)12(3)16-9-15-17-11(2)10-19-15/h5-8,10,12,16H,4,9H2,1-3H3. The van der Waals surface area contributed by atoms with Crippen molar-refractivity contribution in [3.8, 4) is 5.75 Å². The normalized spacial score (nSPS) is 12.4. The molecule has 1 N–H and O–H groups in total. The average Bonchev–Trinajstić information content (AvgIpc) is 2.83. The van der Waals surface area contributed by atoms with E-state index in [0.29, 0.717) is 6.61 Å². The summed E-state index contributed by atoms with van der Waals surface area (Å²) in [5.41, 5.74) is 2.28. The highest BCUT2D eigenvalue weighted by Crippen LogP contribution is 2.25. The number of aryl methyl sites for hydroxylation is 1. The zero-order chi connectivity index (χ0) is 13.7. The van der Waals surface area contributed by atoms with Gasteiger partial charge in [-0.25, -0.2) is 4.98 Å². The third kappa shape index (κ3) is 3.78. The van der Waals surface area contributed by atoms with E-state index in [-0.39, 0.29) is 6.04 Å². The van der Waals surface area contributed by atoms with Crippen molar-refractivity contribution in [3.63, 3.8) is 0 Å². The largest absolute Gasteiger partial charge is 0.494 e. The van der Waals surface area contributed by atoms with Crippen molar-refractivity contribution in [2.75, 3.05) is 6.61 Å². The number of ether oxygens (including phenoxy) is 1. The van der Waals surface area contributed by atoms with Crippen molar-refractivity contribution in [1.29, 1.82) is 0 Å². The van der Waals surface area contributed by atoms with Crippen LogP contribution >= 0.6 is 11.3 Å². The number of aromatic nitrogens is 1. The van der Waals surface area contributed by atoms with E-state index in [1.54, 1.807) is 11.3 Å². The molecule has 0 aliphatic heterocycles. The maximum Gasteiger partial charge on any atom is 0.124 e. The first-order valence-electron chi connectivity index (χ1n) is 6.56. The van der Waals surface area contributed by atoms with Gasteiger partial charge in [-0.2, -0.15) is 0 Å². The van der Waals surface area contributed by atoms with Gasteiger partial charge in [0.25, 0.3) is 0 Å². The molecule has 0 spiro atoms. The number of thiazole rings is 1. The van der Waals surface area contributed by atoms with Crippen LogP contribution in [-0.2, 0) is 6.54 Å². The molecule has 0 bridgehead atoms. The lowest BCUT2D eigenvalue weighted by Gasteiger charge is -2.17. The summed E-state index contributed by atoms with van der Waals surface area (Å²) in [5, 5.41) is 6.70. The van der Waals surface area contributed by atoms with E-state index in [4.69, 9.17) is 4.74 Å². The van der Waals surface area contributed by atoms with Gasteiger partial charge in [0, 0.05) is 29.2 Å². The van der Waals surface area contributed by atoms with Crippen LogP contribution in [0.4, 0.5) is 0 Å². The molecule has 19 heavy (non-hydrogen) atoms. The molecule has 0 radical (unpaired) electrons. The Kier molecular flexibility index (Phi) is 4.93. The Bertz CT molecular complexity index is 524. The van der Waals surface area contributed by atoms with Gasteiger partial charge in [-0.05, 0) is 26.8 Å². The van der Waals surface area contributed by atoms with Crippen molar-refractivity contribution in [1.82, 2.24) is 10.3 Å². The molecule has 0 saturated heterocycles. The van der Waals surface area contributed by atoms with Crippen LogP contribution in [0.2, 0.25) is 0 Å². The number of nitrogens with zero attached hydrogens (tertiary/aromatic N) is 1. The van der Waals surface area contributed by atoms with Gasteiger partial charge in [0.05, 0.1) is 6.61 Å². The fourth-order valence-electron chi connectivity index (χ4n) is 1.96. The van der Waals surface area contributed by atoms with Gasteiger partial charge in [0.1, 0.15) is 10.8 Å². The fourth-order valence-corrected chi connectivity index (χ4v) is 2.68. The highest BCUT2D eigenvalue weighted by atomic mass is 32.1. The maximum absolute atomic E-state index is 5.66. The zero-order valence-electron chi connectivity index (χ0n) is 11.6. The number of hydrogen-bond acceptors (Lipinski definition) is 4. The van der Waals surface area contributed by atoms with E-state index in [9.17, 15) is 0 Å². The van der Waals surface area contributed by atoms with E-state index in [0.717, 1.165) is 23.0 Å². The van der Waals surface area contributed by atoms with E-state index in [2.05, 4.69) is 28.7 Å². The van der Waals surface area contributed by atoms with E-state index in [1.165, 1.54) is 5.56 Å². The molecule has 1 aromatic carbocycles. The van der Waals surface area contributed by atoms with Crippen LogP contribution in [0.1, 0.15) is 36.2 Å². The SMILES string of the molecule is CCOc1ccccc1C(C)NCc1nc(C)cs1. The van der Waals surface area contributed by atoms with Crippen LogP contribution in [0.5, 0.6) is 5.75 Å². The molecular weight excluding hydrogens is 256 g/mol. The van der Waals surface area contributed by atoms with Crippen molar-refractivity contribution < 1.29 is 4.74 Å². The summed E-state index contributed by atoms with van der Waals surface area (Å²) >= 11 is 1.70. The predicted octanol–water partition coefficient (Wildman–Crippen LogP) is 3.70. The topological polar surface area (TPSA) is 34.1 Å². The van der Waals surface area contributed by atoms with E-state index in [1.807, 2.05) is 32.0 Å². The summed E-state index contributed by atoms with van der Waals surface area (Å²) in [6, 6.07) is 8.42. The second-order valence-corrected chi connectivity index (χ2v) is 5.40. The Balaban J connectivity index is 2.01. The van der Waals surface area contributed by atoms with Gasteiger partial charge in [0.2, 0.25) is 0 Å². The Labute approximate surface area is 118 Å². The van der Waals surface area contributed by atoms with E-state index >= 15 is 0 Å². The predicted molar refractivity (Wildman–Crippen MR) is 79.7 cm³/mol. The Morgan fingerprint density at radius 1 is 1.37 bits per heavy atom. The molecule has 0 saturated carbocycles. The highest BCUT2D eigenvalue weighted by molar-refractivity contribution is 7.09. The summed E-state index contributed by atoms with van der Waals surface area (Å²) in [6.07, 6.45) is 0. The molecule has 4 heteroatoms. The van der Waals surface area contributed by atoms with Crippen molar-refractivity contribution in [2.24, 2.45) is 0 Å². The molecule has 0 amide bonds. The molecule has 0 aliphatic rings. The third-order valence-corrected chi connectivity index (χ3v) is 3.88. The minimum atomic E-state index is 0.243. The van der Waals surface area contributed by atoms with Gasteiger partial charge >= 0.3 is 0 Å². The summed E-state index contributed by atoms with van der Waals surface area (Å²) in [7, 11) is 0. The third-order valence-electron chi connectivity index (χ3n) is 2.91. The van der Waals surface area contributed by atoms with Crippen molar-refractivity contribution in [2.45, 2.75) is 33.4 Å². The first-order valence-corrected chi connectivity index (χ1v) is 7.44. The molecule has 2 aromatic rings. The number of benzene rings is 1. The Morgan fingerprint density at radius 3 is 2.84 bits per heavy atom. The second kappa shape index (κ2) is 6.68. The summed E-state index contributed by atoms with van der Waals surface area (Å²) in [5.74, 6) is 0.959. The summed E-state index contributed by atoms with van der Waals surface area (Å²) < 4.78 is 5.66. The molecule has 1 atom stereocenters. The van der Waals surface area contributed by atoms with Gasteiger partial charge in [-0.3, -0.25) is 0 Å². The maximum atomic E-state index is 5.66. The fraction of sp³-hybridized carbons (Fsp3) is 0.400. The molecule has 1 unspecified atom stereocenters. The molecule has 0 fully saturated rings. The average molecular weight is 276 g/mol. The highest BCUT2D eigenvalue weighted by Gasteiger charge is 2.11. The quantitative estimate of drug-likeness (QED) is 0.873. The first-order chi connectivity index (χ1) is 9.20. The summed E-state index contributed by atoms with van der Waals surface area (Å²) in [6.45, 7) is 7.66. The minimum absolute atomic E-state index is 0.243. The van der Waals surface area contributed by atoms with Crippen LogP contribution < -0.4 is 10.1 Å². The van der Waals surface area contributed by atoms with Crippen LogP contribution in [0, 0.1) is 6.92 Å². The molecule has 0 aliphatic carbocycles. The zero-order valence-corrected chi connectivity index (χ0v) is 12.5. The summed E-state index contributed by atoms with van der Waals surface area (Å²) in [4.78, 5) is 4.46. The molecule has 3 nitrogen and oxygen atoms in total. The lowest BCUT2D eigenvalue weighted by Crippen LogP contribution is -2.18. The van der Waals surface area contributed by atoms with Crippen LogP contribution in [0.3, 0.4) is 0 Å². The van der Waals surface area contributed by atoms with Crippen LogP contribution in [0.25, 0.3) is 0 Å². The number of para-hydroxylation sites is 1. The molecular formula is C15H20N2OS. The number of hydrogen-bond donors (Lipinski definition) is 1. The van der Waals surface area contributed by atoms with Gasteiger partial charge in [-0.1, -0.05) is 18.2 Å². The first kappa shape index (κ1) is 14.0. The molecule has 2 rings (SSSR count). The molecule has 1 aromatic heterocycles. The smallest absolute Gasteiger partial charge is 0.124 e. The Hall–Kier alpha value is -1.39. The van der Waals surface area contributed by atoms with Gasteiger partial charge in [-0.15, -0.1) is 11.3 Å². The van der Waals surface area contributed by atoms with Crippen LogP contribution in [-0.4, -0.2) is 11.6 Å². The second-order valence-electron chi connectivity index (χ2n) is 4.46.